The van der Waals surface area contributed by atoms with Gasteiger partial charge in [-0.25, -0.2) is 0 Å². The molecule has 0 radical (unpaired) electrons. The molecule has 1 aliphatic rings. The third-order valence-corrected chi connectivity index (χ3v) is 4.66. The molecule has 1 N–H and O–H groups in total. The predicted molar refractivity (Wildman–Crippen MR) is 87.2 cm³/mol. The van der Waals surface area contributed by atoms with Crippen LogP contribution in [0.4, 0.5) is 0 Å². The molecule has 1 aliphatic carbocycles. The lowest BCUT2D eigenvalue weighted by atomic mass is 9.76. The van der Waals surface area contributed by atoms with Crippen LogP contribution in [-0.2, 0) is 0 Å². The Bertz CT molecular complexity index is 368. The van der Waals surface area contributed by atoms with Gasteiger partial charge in [0.1, 0.15) is 0 Å². The zero-order valence-corrected chi connectivity index (χ0v) is 13.3. The maximum Gasteiger partial charge on any atom is 0.00787 e. The summed E-state index contributed by atoms with van der Waals surface area (Å²) in [7, 11) is 2.22. The van der Waals surface area contributed by atoms with Gasteiger partial charge in [0.05, 0.1) is 0 Å². The van der Waals surface area contributed by atoms with Crippen molar-refractivity contribution in [2.75, 3.05) is 20.1 Å². The molecule has 2 rings (SSSR count). The molecule has 0 atom stereocenters. The quantitative estimate of drug-likeness (QED) is 0.728. The van der Waals surface area contributed by atoms with Crippen LogP contribution in [0.5, 0.6) is 0 Å². The van der Waals surface area contributed by atoms with Crippen molar-refractivity contribution in [3.8, 4) is 0 Å². The second-order valence-electron chi connectivity index (χ2n) is 6.51. The summed E-state index contributed by atoms with van der Waals surface area (Å²) in [6.07, 6.45) is 5.23. The van der Waals surface area contributed by atoms with E-state index in [0.29, 0.717) is 6.04 Å². The SMILES string of the molecule is CC(C)N(C)CCCCNC1CC(c2ccccc2)C1. The Kier molecular flexibility index (Phi) is 6.06. The molecule has 20 heavy (non-hydrogen) atoms. The van der Waals surface area contributed by atoms with E-state index < -0.39 is 0 Å². The summed E-state index contributed by atoms with van der Waals surface area (Å²) in [5.41, 5.74) is 1.52. The van der Waals surface area contributed by atoms with Gasteiger partial charge < -0.3 is 10.2 Å². The zero-order valence-electron chi connectivity index (χ0n) is 13.3. The molecular weight excluding hydrogens is 244 g/mol. The molecule has 1 fully saturated rings. The van der Waals surface area contributed by atoms with Crippen molar-refractivity contribution in [3.63, 3.8) is 0 Å². The summed E-state index contributed by atoms with van der Waals surface area (Å²) < 4.78 is 0. The molecule has 2 nitrogen and oxygen atoms in total. The first kappa shape index (κ1) is 15.5. The first-order valence-corrected chi connectivity index (χ1v) is 8.15. The van der Waals surface area contributed by atoms with E-state index in [1.54, 1.807) is 0 Å². The van der Waals surface area contributed by atoms with E-state index in [0.717, 1.165) is 12.0 Å². The van der Waals surface area contributed by atoms with E-state index in [2.05, 4.69) is 61.4 Å². The van der Waals surface area contributed by atoms with Gasteiger partial charge in [0.15, 0.2) is 0 Å². The summed E-state index contributed by atoms with van der Waals surface area (Å²) in [5.74, 6) is 0.792. The zero-order chi connectivity index (χ0) is 14.4. The molecule has 0 bridgehead atoms. The third-order valence-electron chi connectivity index (χ3n) is 4.66. The second-order valence-corrected chi connectivity index (χ2v) is 6.51. The van der Waals surface area contributed by atoms with Crippen LogP contribution in [0.3, 0.4) is 0 Å². The van der Waals surface area contributed by atoms with Crippen molar-refractivity contribution < 1.29 is 0 Å². The van der Waals surface area contributed by atoms with E-state index in [-0.39, 0.29) is 0 Å². The Balaban J connectivity index is 1.51. The highest BCUT2D eigenvalue weighted by molar-refractivity contribution is 5.22. The van der Waals surface area contributed by atoms with Crippen LogP contribution in [0.1, 0.15) is 51.0 Å². The number of rotatable bonds is 8. The van der Waals surface area contributed by atoms with Crippen LogP contribution in [0.25, 0.3) is 0 Å². The van der Waals surface area contributed by atoms with Gasteiger partial charge in [-0.2, -0.15) is 0 Å². The second kappa shape index (κ2) is 7.80. The van der Waals surface area contributed by atoms with Crippen LogP contribution < -0.4 is 5.32 Å². The fourth-order valence-corrected chi connectivity index (χ4v) is 2.83. The number of benzene rings is 1. The van der Waals surface area contributed by atoms with Crippen molar-refractivity contribution in [3.05, 3.63) is 35.9 Å². The molecule has 0 spiro atoms. The van der Waals surface area contributed by atoms with Gasteiger partial charge in [-0.3, -0.25) is 0 Å². The average Bonchev–Trinajstić information content (AvgIpc) is 2.41. The molecule has 0 aromatic heterocycles. The number of unbranched alkanes of at least 4 members (excludes halogenated alkanes) is 1. The lowest BCUT2D eigenvalue weighted by Crippen LogP contribution is -2.40. The van der Waals surface area contributed by atoms with Gasteiger partial charge in [0, 0.05) is 12.1 Å². The highest BCUT2D eigenvalue weighted by Crippen LogP contribution is 2.36. The molecule has 1 aromatic carbocycles. The number of hydrogen-bond acceptors (Lipinski definition) is 2. The monoisotopic (exact) mass is 274 g/mol. The Labute approximate surface area is 124 Å². The van der Waals surface area contributed by atoms with Crippen molar-refractivity contribution >= 4 is 0 Å². The highest BCUT2D eigenvalue weighted by atomic mass is 15.1. The molecular formula is C18H30N2. The summed E-state index contributed by atoms with van der Waals surface area (Å²) in [6.45, 7) is 6.92. The Hall–Kier alpha value is -0.860. The lowest BCUT2D eigenvalue weighted by molar-refractivity contribution is 0.260. The van der Waals surface area contributed by atoms with Crippen LogP contribution in [0.2, 0.25) is 0 Å². The Morgan fingerprint density at radius 1 is 1.15 bits per heavy atom. The van der Waals surface area contributed by atoms with E-state index in [1.807, 2.05) is 0 Å². The van der Waals surface area contributed by atoms with Gasteiger partial charge in [0.2, 0.25) is 0 Å². The molecule has 0 saturated heterocycles. The first-order chi connectivity index (χ1) is 9.66. The van der Waals surface area contributed by atoms with E-state index >= 15 is 0 Å². The fraction of sp³-hybridized carbons (Fsp3) is 0.667. The van der Waals surface area contributed by atoms with Gasteiger partial charge in [-0.15, -0.1) is 0 Å². The molecule has 0 amide bonds. The molecule has 0 unspecified atom stereocenters. The van der Waals surface area contributed by atoms with Crippen molar-refractivity contribution in [2.45, 2.75) is 57.5 Å². The molecule has 1 saturated carbocycles. The summed E-state index contributed by atoms with van der Waals surface area (Å²) in [4.78, 5) is 2.43. The van der Waals surface area contributed by atoms with Gasteiger partial charge in [-0.1, -0.05) is 30.3 Å². The fourth-order valence-electron chi connectivity index (χ4n) is 2.83. The molecule has 0 aliphatic heterocycles. The summed E-state index contributed by atoms with van der Waals surface area (Å²) >= 11 is 0. The highest BCUT2D eigenvalue weighted by Gasteiger charge is 2.29. The van der Waals surface area contributed by atoms with Gasteiger partial charge in [-0.05, 0) is 71.1 Å². The van der Waals surface area contributed by atoms with Crippen molar-refractivity contribution in [1.82, 2.24) is 10.2 Å². The van der Waals surface area contributed by atoms with Gasteiger partial charge in [0.25, 0.3) is 0 Å². The van der Waals surface area contributed by atoms with Crippen LogP contribution in [-0.4, -0.2) is 37.1 Å². The maximum absolute atomic E-state index is 3.70. The van der Waals surface area contributed by atoms with Crippen LogP contribution in [0, 0.1) is 0 Å². The Morgan fingerprint density at radius 3 is 2.50 bits per heavy atom. The van der Waals surface area contributed by atoms with Crippen molar-refractivity contribution in [1.29, 1.82) is 0 Å². The van der Waals surface area contributed by atoms with E-state index in [4.69, 9.17) is 0 Å². The summed E-state index contributed by atoms with van der Waals surface area (Å²) in [6, 6.07) is 12.4. The van der Waals surface area contributed by atoms with Gasteiger partial charge >= 0.3 is 0 Å². The molecule has 1 aromatic rings. The van der Waals surface area contributed by atoms with E-state index in [9.17, 15) is 0 Å². The maximum atomic E-state index is 3.70. The van der Waals surface area contributed by atoms with E-state index in [1.165, 1.54) is 44.3 Å². The number of nitrogens with zero attached hydrogens (tertiary/aromatic N) is 1. The largest absolute Gasteiger partial charge is 0.314 e. The first-order valence-electron chi connectivity index (χ1n) is 8.15. The average molecular weight is 274 g/mol. The molecule has 0 heterocycles. The molecule has 112 valence electrons. The Morgan fingerprint density at radius 2 is 1.85 bits per heavy atom. The lowest BCUT2D eigenvalue weighted by Gasteiger charge is -2.36. The van der Waals surface area contributed by atoms with Crippen molar-refractivity contribution in [2.24, 2.45) is 0 Å². The summed E-state index contributed by atoms with van der Waals surface area (Å²) in [5, 5.41) is 3.70. The normalized spacial score (nSPS) is 22.2. The minimum absolute atomic E-state index is 0.668. The van der Waals surface area contributed by atoms with Crippen LogP contribution in [0.15, 0.2) is 30.3 Å². The standard InChI is InChI=1S/C18H30N2/c1-15(2)20(3)12-8-7-11-19-18-13-17(14-18)16-9-5-4-6-10-16/h4-6,9-10,15,17-19H,7-8,11-14H2,1-3H3. The van der Waals surface area contributed by atoms with Crippen LogP contribution >= 0.6 is 0 Å². The topological polar surface area (TPSA) is 15.3 Å². The third kappa shape index (κ3) is 4.60. The minimum atomic E-state index is 0.668. The minimum Gasteiger partial charge on any atom is -0.314 e. The number of hydrogen-bond donors (Lipinski definition) is 1. The smallest absolute Gasteiger partial charge is 0.00787 e. The predicted octanol–water partition coefficient (Wildman–Crippen LogP) is 3.64. The molecule has 2 heteroatoms. The number of nitrogens with one attached hydrogen (secondary N) is 1.